The minimum Gasteiger partial charge on any atom is -0.356 e. The van der Waals surface area contributed by atoms with Crippen LogP contribution in [0.3, 0.4) is 0 Å². The number of hydrogen-bond donors (Lipinski definition) is 1. The van der Waals surface area contributed by atoms with E-state index in [1.165, 1.54) is 0 Å². The van der Waals surface area contributed by atoms with E-state index in [-0.39, 0.29) is 0 Å². The molecule has 0 saturated carbocycles. The lowest BCUT2D eigenvalue weighted by Gasteiger charge is -2.21. The lowest BCUT2D eigenvalue weighted by molar-refractivity contribution is 0.471. The van der Waals surface area contributed by atoms with E-state index in [1.807, 2.05) is 20.9 Å². The van der Waals surface area contributed by atoms with Crippen LogP contribution in [0.15, 0.2) is 15.8 Å². The average Bonchev–Trinajstić information content (AvgIpc) is 3.03. The zero-order valence-electron chi connectivity index (χ0n) is 12.9. The van der Waals surface area contributed by atoms with Gasteiger partial charge in [0, 0.05) is 37.8 Å². The van der Waals surface area contributed by atoms with E-state index < -0.39 is 0 Å². The molecule has 0 fully saturated rings. The second kappa shape index (κ2) is 7.51. The highest BCUT2D eigenvalue weighted by Crippen LogP contribution is 2.10. The fraction of sp³-hybridized carbons (Fsp3) is 0.500. The van der Waals surface area contributed by atoms with Gasteiger partial charge in [0.05, 0.1) is 27.9 Å². The van der Waals surface area contributed by atoms with E-state index in [1.54, 1.807) is 29.7 Å². The maximum absolute atomic E-state index is 4.48. The van der Waals surface area contributed by atoms with Crippen molar-refractivity contribution >= 4 is 28.6 Å². The summed E-state index contributed by atoms with van der Waals surface area (Å²) >= 11 is 3.37. The van der Waals surface area contributed by atoms with Gasteiger partial charge in [-0.15, -0.1) is 22.7 Å². The number of aryl methyl sites for hydroxylation is 2. The molecule has 5 nitrogen and oxygen atoms in total. The van der Waals surface area contributed by atoms with Gasteiger partial charge in [-0.05, 0) is 13.8 Å². The zero-order valence-corrected chi connectivity index (χ0v) is 14.5. The number of guanidine groups is 1. The van der Waals surface area contributed by atoms with Gasteiger partial charge >= 0.3 is 0 Å². The van der Waals surface area contributed by atoms with Crippen LogP contribution in [-0.2, 0) is 13.0 Å². The first-order valence-corrected chi connectivity index (χ1v) is 8.58. The molecule has 21 heavy (non-hydrogen) atoms. The lowest BCUT2D eigenvalue weighted by atomic mass is 10.3. The number of nitrogens with zero attached hydrogens (tertiary/aromatic N) is 4. The largest absolute Gasteiger partial charge is 0.356 e. The van der Waals surface area contributed by atoms with Gasteiger partial charge in [-0.25, -0.2) is 9.97 Å². The van der Waals surface area contributed by atoms with Crippen LogP contribution in [0, 0.1) is 13.8 Å². The number of hydrogen-bond acceptors (Lipinski definition) is 5. The van der Waals surface area contributed by atoms with Crippen molar-refractivity contribution < 1.29 is 0 Å². The summed E-state index contributed by atoms with van der Waals surface area (Å²) in [6, 6.07) is 0. The summed E-state index contributed by atoms with van der Waals surface area (Å²) in [5.41, 5.74) is 2.22. The Balaban J connectivity index is 1.82. The highest BCUT2D eigenvalue weighted by Gasteiger charge is 2.08. The highest BCUT2D eigenvalue weighted by molar-refractivity contribution is 7.09. The van der Waals surface area contributed by atoms with Crippen LogP contribution in [0.2, 0.25) is 0 Å². The van der Waals surface area contributed by atoms with Crippen LogP contribution in [0.1, 0.15) is 21.4 Å². The van der Waals surface area contributed by atoms with Crippen molar-refractivity contribution in [2.75, 3.05) is 20.6 Å². The quantitative estimate of drug-likeness (QED) is 0.678. The van der Waals surface area contributed by atoms with E-state index in [2.05, 4.69) is 35.9 Å². The Bertz CT molecular complexity index is 602. The SMILES string of the molecule is CN=C(NCCc1csc(C)n1)N(C)Cc1csc(C)n1. The fourth-order valence-corrected chi connectivity index (χ4v) is 3.26. The van der Waals surface area contributed by atoms with Crippen molar-refractivity contribution in [3.63, 3.8) is 0 Å². The van der Waals surface area contributed by atoms with Crippen LogP contribution < -0.4 is 5.32 Å². The summed E-state index contributed by atoms with van der Waals surface area (Å²) in [4.78, 5) is 15.3. The Kier molecular flexibility index (Phi) is 5.69. The molecule has 2 heterocycles. The van der Waals surface area contributed by atoms with Crippen molar-refractivity contribution in [2.24, 2.45) is 4.99 Å². The summed E-state index contributed by atoms with van der Waals surface area (Å²) in [7, 11) is 3.83. The molecule has 0 aliphatic rings. The Morgan fingerprint density at radius 1 is 1.19 bits per heavy atom. The Hall–Kier alpha value is -1.47. The molecule has 0 spiro atoms. The lowest BCUT2D eigenvalue weighted by Crippen LogP contribution is -2.39. The predicted molar refractivity (Wildman–Crippen MR) is 90.2 cm³/mol. The number of nitrogens with one attached hydrogen (secondary N) is 1. The van der Waals surface area contributed by atoms with Crippen LogP contribution >= 0.6 is 22.7 Å². The topological polar surface area (TPSA) is 53.4 Å². The molecule has 2 aromatic heterocycles. The van der Waals surface area contributed by atoms with Gasteiger partial charge in [0.2, 0.25) is 0 Å². The molecule has 0 saturated heterocycles. The third-order valence-electron chi connectivity index (χ3n) is 2.97. The third-order valence-corrected chi connectivity index (χ3v) is 4.61. The first-order chi connectivity index (χ1) is 10.1. The maximum atomic E-state index is 4.48. The second-order valence-corrected chi connectivity index (χ2v) is 6.92. The van der Waals surface area contributed by atoms with Gasteiger partial charge in [0.1, 0.15) is 0 Å². The Morgan fingerprint density at radius 2 is 1.81 bits per heavy atom. The minimum atomic E-state index is 0.764. The van der Waals surface area contributed by atoms with Gasteiger partial charge in [0.25, 0.3) is 0 Å². The molecular weight excluding hydrogens is 302 g/mol. The van der Waals surface area contributed by atoms with E-state index in [0.717, 1.165) is 46.9 Å². The van der Waals surface area contributed by atoms with Crippen molar-refractivity contribution in [2.45, 2.75) is 26.8 Å². The number of thiazole rings is 2. The van der Waals surface area contributed by atoms with Crippen molar-refractivity contribution in [3.8, 4) is 0 Å². The highest BCUT2D eigenvalue weighted by atomic mass is 32.1. The molecule has 0 bridgehead atoms. The number of aliphatic imine (C=N–C) groups is 1. The molecule has 0 aromatic carbocycles. The van der Waals surface area contributed by atoms with Crippen LogP contribution in [-0.4, -0.2) is 41.5 Å². The summed E-state index contributed by atoms with van der Waals surface area (Å²) < 4.78 is 0. The van der Waals surface area contributed by atoms with E-state index in [9.17, 15) is 0 Å². The molecular formula is C14H21N5S2. The molecule has 7 heteroatoms. The van der Waals surface area contributed by atoms with Crippen LogP contribution in [0.5, 0.6) is 0 Å². The Labute approximate surface area is 133 Å². The van der Waals surface area contributed by atoms with Crippen molar-refractivity contribution in [1.29, 1.82) is 0 Å². The third kappa shape index (κ3) is 4.78. The standard InChI is InChI=1S/C14H21N5S2/c1-10-17-12(8-20-10)5-6-16-14(15-3)19(4)7-13-9-21-11(2)18-13/h8-9H,5-7H2,1-4H3,(H,15,16). The van der Waals surface area contributed by atoms with Gasteiger partial charge in [-0.2, -0.15) is 0 Å². The van der Waals surface area contributed by atoms with E-state index in [0.29, 0.717) is 0 Å². The molecule has 0 atom stereocenters. The average molecular weight is 323 g/mol. The van der Waals surface area contributed by atoms with Crippen LogP contribution in [0.25, 0.3) is 0 Å². The Morgan fingerprint density at radius 3 is 2.33 bits per heavy atom. The fourth-order valence-electron chi connectivity index (χ4n) is 2.01. The van der Waals surface area contributed by atoms with Gasteiger partial charge < -0.3 is 10.2 Å². The first kappa shape index (κ1) is 15.9. The smallest absolute Gasteiger partial charge is 0.193 e. The normalized spacial score (nSPS) is 11.7. The monoisotopic (exact) mass is 323 g/mol. The molecule has 2 rings (SSSR count). The van der Waals surface area contributed by atoms with E-state index in [4.69, 9.17) is 0 Å². The van der Waals surface area contributed by atoms with E-state index >= 15 is 0 Å². The predicted octanol–water partition coefficient (Wildman–Crippen LogP) is 2.47. The maximum Gasteiger partial charge on any atom is 0.193 e. The first-order valence-electron chi connectivity index (χ1n) is 6.82. The van der Waals surface area contributed by atoms with Gasteiger partial charge in [-0.1, -0.05) is 0 Å². The van der Waals surface area contributed by atoms with Crippen molar-refractivity contribution in [1.82, 2.24) is 20.2 Å². The summed E-state index contributed by atoms with van der Waals surface area (Å²) in [5.74, 6) is 0.882. The molecule has 0 amide bonds. The van der Waals surface area contributed by atoms with Gasteiger partial charge in [-0.3, -0.25) is 4.99 Å². The van der Waals surface area contributed by atoms with Crippen LogP contribution in [0.4, 0.5) is 0 Å². The summed E-state index contributed by atoms with van der Waals surface area (Å²) in [5, 5.41) is 9.79. The molecule has 0 radical (unpaired) electrons. The molecule has 0 aliphatic carbocycles. The summed E-state index contributed by atoms with van der Waals surface area (Å²) in [6.45, 7) is 5.65. The zero-order chi connectivity index (χ0) is 15.2. The molecule has 0 aliphatic heterocycles. The number of aromatic nitrogens is 2. The van der Waals surface area contributed by atoms with Crippen molar-refractivity contribution in [3.05, 3.63) is 32.2 Å². The van der Waals surface area contributed by atoms with Gasteiger partial charge in [0.15, 0.2) is 5.96 Å². The molecule has 2 aromatic rings. The minimum absolute atomic E-state index is 0.764. The second-order valence-electron chi connectivity index (χ2n) is 4.80. The number of rotatable bonds is 5. The molecule has 1 N–H and O–H groups in total. The molecule has 114 valence electrons. The molecule has 0 unspecified atom stereocenters. The summed E-state index contributed by atoms with van der Waals surface area (Å²) in [6.07, 6.45) is 0.910.